The van der Waals surface area contributed by atoms with Crippen molar-refractivity contribution in [3.05, 3.63) is 34.2 Å². The van der Waals surface area contributed by atoms with E-state index in [2.05, 4.69) is 31.9 Å². The lowest BCUT2D eigenvalue weighted by atomic mass is 10.3. The average Bonchev–Trinajstić information content (AvgIpc) is 2.95. The van der Waals surface area contributed by atoms with Gasteiger partial charge in [-0.25, -0.2) is 19.7 Å². The highest BCUT2D eigenvalue weighted by Gasteiger charge is 2.13. The van der Waals surface area contributed by atoms with Crippen LogP contribution in [0.1, 0.15) is 40.4 Å². The molecule has 1 N–H and O–H groups in total. The van der Waals surface area contributed by atoms with Crippen molar-refractivity contribution < 1.29 is 9.53 Å². The van der Waals surface area contributed by atoms with Crippen molar-refractivity contribution in [2.75, 3.05) is 12.4 Å². The normalized spacial score (nSPS) is 11.9. The Bertz CT molecular complexity index is 600. The Morgan fingerprint density at radius 3 is 2.95 bits per heavy atom. The molecule has 0 amide bonds. The lowest BCUT2D eigenvalue weighted by Crippen LogP contribution is -2.12. The second-order valence-electron chi connectivity index (χ2n) is 4.14. The van der Waals surface area contributed by atoms with E-state index in [0.717, 1.165) is 11.4 Å². The van der Waals surface area contributed by atoms with Crippen molar-refractivity contribution in [2.24, 2.45) is 0 Å². The zero-order chi connectivity index (χ0) is 14.5. The quantitative estimate of drug-likeness (QED) is 0.853. The maximum atomic E-state index is 11.4. The average molecular weight is 292 g/mol. The summed E-state index contributed by atoms with van der Waals surface area (Å²) in [6, 6.07) is 1.72. The molecule has 2 heterocycles. The number of anilines is 1. The van der Waals surface area contributed by atoms with E-state index in [9.17, 15) is 4.79 Å². The van der Waals surface area contributed by atoms with E-state index in [4.69, 9.17) is 0 Å². The summed E-state index contributed by atoms with van der Waals surface area (Å²) in [5, 5.41) is 4.19. The molecule has 2 aromatic rings. The van der Waals surface area contributed by atoms with Crippen LogP contribution in [-0.4, -0.2) is 28.0 Å². The molecule has 0 radical (unpaired) electrons. The van der Waals surface area contributed by atoms with Crippen LogP contribution in [0.3, 0.4) is 0 Å². The highest BCUT2D eigenvalue weighted by atomic mass is 32.1. The van der Waals surface area contributed by atoms with Gasteiger partial charge in [0.1, 0.15) is 10.8 Å². The van der Waals surface area contributed by atoms with Crippen molar-refractivity contribution in [1.82, 2.24) is 15.0 Å². The second-order valence-corrected chi connectivity index (χ2v) is 5.29. The summed E-state index contributed by atoms with van der Waals surface area (Å²) in [4.78, 5) is 25.0. The van der Waals surface area contributed by atoms with Crippen LogP contribution in [0.25, 0.3) is 0 Å². The van der Waals surface area contributed by atoms with Gasteiger partial charge in [-0.15, -0.1) is 11.3 Å². The molecule has 7 heteroatoms. The molecule has 0 aliphatic rings. The lowest BCUT2D eigenvalue weighted by molar-refractivity contribution is 0.0587. The van der Waals surface area contributed by atoms with E-state index in [1.165, 1.54) is 18.2 Å². The highest BCUT2D eigenvalue weighted by Crippen LogP contribution is 2.23. The first kappa shape index (κ1) is 14.4. The molecule has 106 valence electrons. The Balaban J connectivity index is 2.11. The lowest BCUT2D eigenvalue weighted by Gasteiger charge is -2.11. The number of esters is 1. The molecule has 0 aliphatic heterocycles. The Hall–Kier alpha value is -2.02. The van der Waals surface area contributed by atoms with Crippen LogP contribution in [0, 0.1) is 0 Å². The summed E-state index contributed by atoms with van der Waals surface area (Å²) in [7, 11) is 1.30. The van der Waals surface area contributed by atoms with Gasteiger partial charge in [-0.1, -0.05) is 6.92 Å². The molecule has 1 unspecified atom stereocenters. The number of aryl methyl sites for hydroxylation is 1. The third kappa shape index (κ3) is 3.30. The summed E-state index contributed by atoms with van der Waals surface area (Å²) in [5.74, 6) is 0.0584. The van der Waals surface area contributed by atoms with Gasteiger partial charge in [-0.3, -0.25) is 0 Å². The number of ether oxygens (including phenoxy) is 1. The number of hydrogen-bond donors (Lipinski definition) is 1. The summed E-state index contributed by atoms with van der Waals surface area (Å²) in [6.45, 7) is 4.10. The number of carbonyl (C=O) groups is 1. The van der Waals surface area contributed by atoms with E-state index in [0.29, 0.717) is 5.82 Å². The fraction of sp³-hybridized carbons (Fsp3) is 0.385. The molecular weight excluding hydrogens is 276 g/mol. The molecule has 0 aromatic carbocycles. The number of aromatic nitrogens is 3. The molecule has 0 fully saturated rings. The number of carbonyl (C=O) groups excluding carboxylic acids is 1. The largest absolute Gasteiger partial charge is 0.463 e. The molecule has 6 nitrogen and oxygen atoms in total. The van der Waals surface area contributed by atoms with Gasteiger partial charge in [0.2, 0.25) is 5.82 Å². The van der Waals surface area contributed by atoms with Crippen molar-refractivity contribution in [3.8, 4) is 0 Å². The van der Waals surface area contributed by atoms with Crippen LogP contribution in [0.15, 0.2) is 18.5 Å². The molecular formula is C13H16N4O2S. The SMILES string of the molecule is CCc1cnc(C(C)Nc2ccnc(C(=O)OC)n2)s1. The molecule has 0 aliphatic carbocycles. The zero-order valence-corrected chi connectivity index (χ0v) is 12.4. The summed E-state index contributed by atoms with van der Waals surface area (Å²) < 4.78 is 4.60. The topological polar surface area (TPSA) is 77.0 Å². The van der Waals surface area contributed by atoms with E-state index in [1.54, 1.807) is 17.4 Å². The van der Waals surface area contributed by atoms with Gasteiger partial charge in [0.05, 0.1) is 13.2 Å². The van der Waals surface area contributed by atoms with Gasteiger partial charge in [0, 0.05) is 17.3 Å². The first-order valence-corrected chi connectivity index (χ1v) is 7.08. The minimum Gasteiger partial charge on any atom is -0.463 e. The van der Waals surface area contributed by atoms with Crippen molar-refractivity contribution >= 4 is 23.1 Å². The van der Waals surface area contributed by atoms with E-state index >= 15 is 0 Å². The Morgan fingerprint density at radius 2 is 2.30 bits per heavy atom. The number of rotatable bonds is 5. The maximum absolute atomic E-state index is 11.4. The van der Waals surface area contributed by atoms with Crippen LogP contribution in [0.5, 0.6) is 0 Å². The Labute approximate surface area is 121 Å². The maximum Gasteiger partial charge on any atom is 0.376 e. The number of methoxy groups -OCH3 is 1. The minimum absolute atomic E-state index is 0.0145. The van der Waals surface area contributed by atoms with Crippen molar-refractivity contribution in [1.29, 1.82) is 0 Å². The fourth-order valence-electron chi connectivity index (χ4n) is 1.60. The number of nitrogens with one attached hydrogen (secondary N) is 1. The second kappa shape index (κ2) is 6.42. The summed E-state index contributed by atoms with van der Waals surface area (Å²) >= 11 is 1.67. The van der Waals surface area contributed by atoms with Crippen LogP contribution in [0.2, 0.25) is 0 Å². The monoisotopic (exact) mass is 292 g/mol. The van der Waals surface area contributed by atoms with Gasteiger partial charge in [-0.2, -0.15) is 0 Å². The van der Waals surface area contributed by atoms with Crippen LogP contribution in [-0.2, 0) is 11.2 Å². The molecule has 0 saturated heterocycles. The van der Waals surface area contributed by atoms with Gasteiger partial charge in [0.15, 0.2) is 0 Å². The Kier molecular flexibility index (Phi) is 4.62. The van der Waals surface area contributed by atoms with Crippen LogP contribution in [0.4, 0.5) is 5.82 Å². The molecule has 0 spiro atoms. The highest BCUT2D eigenvalue weighted by molar-refractivity contribution is 7.11. The predicted octanol–water partition coefficient (Wildman–Crippen LogP) is 2.46. The third-order valence-electron chi connectivity index (χ3n) is 2.68. The van der Waals surface area contributed by atoms with Crippen LogP contribution >= 0.6 is 11.3 Å². The van der Waals surface area contributed by atoms with E-state index in [-0.39, 0.29) is 11.9 Å². The summed E-state index contributed by atoms with van der Waals surface area (Å²) in [6.07, 6.45) is 4.38. The first-order chi connectivity index (χ1) is 9.63. The van der Waals surface area contributed by atoms with Crippen LogP contribution < -0.4 is 5.32 Å². The number of nitrogens with zero attached hydrogens (tertiary/aromatic N) is 3. The molecule has 2 rings (SSSR count). The Morgan fingerprint density at radius 1 is 1.50 bits per heavy atom. The standard InChI is InChI=1S/C13H16N4O2S/c1-4-9-7-15-12(20-9)8(2)16-10-5-6-14-11(17-10)13(18)19-3/h5-8H,4H2,1-3H3,(H,14,16,17). The smallest absolute Gasteiger partial charge is 0.376 e. The first-order valence-electron chi connectivity index (χ1n) is 6.26. The number of thiazole rings is 1. The number of hydrogen-bond acceptors (Lipinski definition) is 7. The molecule has 20 heavy (non-hydrogen) atoms. The predicted molar refractivity (Wildman–Crippen MR) is 76.9 cm³/mol. The van der Waals surface area contributed by atoms with Gasteiger partial charge < -0.3 is 10.1 Å². The molecule has 1 atom stereocenters. The van der Waals surface area contributed by atoms with Crippen molar-refractivity contribution in [3.63, 3.8) is 0 Å². The molecule has 0 saturated carbocycles. The summed E-state index contributed by atoms with van der Waals surface area (Å²) in [5.41, 5.74) is 0. The molecule has 0 bridgehead atoms. The minimum atomic E-state index is -0.552. The van der Waals surface area contributed by atoms with Crippen molar-refractivity contribution in [2.45, 2.75) is 26.3 Å². The third-order valence-corrected chi connectivity index (χ3v) is 4.00. The van der Waals surface area contributed by atoms with Gasteiger partial charge in [0.25, 0.3) is 0 Å². The van der Waals surface area contributed by atoms with Gasteiger partial charge in [-0.05, 0) is 19.4 Å². The fourth-order valence-corrected chi connectivity index (χ4v) is 2.46. The molecule has 2 aromatic heterocycles. The van der Waals surface area contributed by atoms with E-state index < -0.39 is 5.97 Å². The van der Waals surface area contributed by atoms with E-state index in [1.807, 2.05) is 13.1 Å². The van der Waals surface area contributed by atoms with Gasteiger partial charge >= 0.3 is 5.97 Å². The zero-order valence-electron chi connectivity index (χ0n) is 11.6.